The number of carbonyl (C=O) groups excluding carboxylic acids is 1. The van der Waals surface area contributed by atoms with Crippen molar-refractivity contribution in [3.05, 3.63) is 29.3 Å². The fourth-order valence-corrected chi connectivity index (χ4v) is 2.67. The molecule has 0 amide bonds. The van der Waals surface area contributed by atoms with Gasteiger partial charge in [0.25, 0.3) is 0 Å². The van der Waals surface area contributed by atoms with E-state index in [2.05, 4.69) is 38.8 Å². The summed E-state index contributed by atoms with van der Waals surface area (Å²) < 4.78 is 0. The Morgan fingerprint density at radius 3 is 2.75 bits per heavy atom. The molecular weight excluding hydrogens is 198 g/mol. The molecule has 0 N–H and O–H groups in total. The van der Waals surface area contributed by atoms with Crippen molar-refractivity contribution in [2.75, 3.05) is 11.9 Å². The third-order valence-electron chi connectivity index (χ3n) is 3.79. The highest BCUT2D eigenvalue weighted by atomic mass is 16.1. The number of rotatable bonds is 1. The summed E-state index contributed by atoms with van der Waals surface area (Å²) in [7, 11) is 2.13. The van der Waals surface area contributed by atoms with Crippen LogP contribution in [0.15, 0.2) is 18.2 Å². The van der Waals surface area contributed by atoms with Crippen LogP contribution in [0.1, 0.15) is 49.0 Å². The molecule has 0 spiro atoms. The predicted molar refractivity (Wildman–Crippen MR) is 67.3 cm³/mol. The van der Waals surface area contributed by atoms with Gasteiger partial charge in [-0.25, -0.2) is 0 Å². The van der Waals surface area contributed by atoms with Crippen LogP contribution in [0, 0.1) is 0 Å². The van der Waals surface area contributed by atoms with Crippen molar-refractivity contribution in [2.45, 2.75) is 38.6 Å². The minimum absolute atomic E-state index is 0.190. The van der Waals surface area contributed by atoms with Crippen LogP contribution in [0.3, 0.4) is 0 Å². The quantitative estimate of drug-likeness (QED) is 0.673. The zero-order chi connectivity index (χ0) is 11.9. The molecule has 1 aromatic rings. The van der Waals surface area contributed by atoms with Gasteiger partial charge >= 0.3 is 0 Å². The van der Waals surface area contributed by atoms with E-state index in [4.69, 9.17) is 0 Å². The van der Waals surface area contributed by atoms with Gasteiger partial charge in [0.1, 0.15) is 6.29 Å². The molecule has 0 aromatic heterocycles. The average Bonchev–Trinajstić information content (AvgIpc) is 2.25. The molecule has 1 heterocycles. The number of fused-ring (bicyclic) bond motifs is 1. The lowest BCUT2D eigenvalue weighted by Crippen LogP contribution is -2.45. The molecule has 0 fully saturated rings. The molecule has 1 aromatic carbocycles. The lowest BCUT2D eigenvalue weighted by atomic mass is 9.80. The van der Waals surface area contributed by atoms with Crippen molar-refractivity contribution in [3.63, 3.8) is 0 Å². The second kappa shape index (κ2) is 3.62. The predicted octanol–water partition coefficient (Wildman–Crippen LogP) is 3.22. The number of hydrogen-bond donors (Lipinski definition) is 0. The Balaban J connectivity index is 2.54. The highest BCUT2D eigenvalue weighted by Crippen LogP contribution is 2.42. The van der Waals surface area contributed by atoms with Crippen LogP contribution >= 0.6 is 0 Å². The maximum atomic E-state index is 10.8. The van der Waals surface area contributed by atoms with Gasteiger partial charge in [-0.05, 0) is 49.9 Å². The van der Waals surface area contributed by atoms with E-state index in [0.717, 1.165) is 18.3 Å². The Bertz CT molecular complexity index is 423. The van der Waals surface area contributed by atoms with Crippen molar-refractivity contribution in [3.8, 4) is 0 Å². The minimum Gasteiger partial charge on any atom is -0.369 e. The van der Waals surface area contributed by atoms with Crippen molar-refractivity contribution < 1.29 is 4.79 Å². The van der Waals surface area contributed by atoms with Crippen LogP contribution in [0.5, 0.6) is 0 Å². The zero-order valence-corrected chi connectivity index (χ0v) is 10.4. The zero-order valence-electron chi connectivity index (χ0n) is 10.4. The Morgan fingerprint density at radius 2 is 2.12 bits per heavy atom. The fraction of sp³-hybridized carbons (Fsp3) is 0.500. The SMILES string of the molecule is CC1CC(C)(C)N(C)c2ccc(C=O)cc21. The van der Waals surface area contributed by atoms with Gasteiger partial charge in [0.2, 0.25) is 0 Å². The van der Waals surface area contributed by atoms with Crippen LogP contribution in [0.25, 0.3) is 0 Å². The highest BCUT2D eigenvalue weighted by Gasteiger charge is 2.33. The first-order valence-corrected chi connectivity index (χ1v) is 5.78. The van der Waals surface area contributed by atoms with Gasteiger partial charge in [0, 0.05) is 23.8 Å². The van der Waals surface area contributed by atoms with Gasteiger partial charge in [-0.15, -0.1) is 0 Å². The van der Waals surface area contributed by atoms with Crippen molar-refractivity contribution in [2.24, 2.45) is 0 Å². The fourth-order valence-electron chi connectivity index (χ4n) is 2.67. The van der Waals surface area contributed by atoms with E-state index >= 15 is 0 Å². The van der Waals surface area contributed by atoms with Gasteiger partial charge in [0.05, 0.1) is 0 Å². The summed E-state index contributed by atoms with van der Waals surface area (Å²) in [6, 6.07) is 5.99. The molecule has 0 saturated carbocycles. The van der Waals surface area contributed by atoms with Crippen LogP contribution in [-0.4, -0.2) is 18.9 Å². The normalized spacial score (nSPS) is 22.8. The summed E-state index contributed by atoms with van der Waals surface area (Å²) in [5, 5.41) is 0. The van der Waals surface area contributed by atoms with Gasteiger partial charge in [-0.3, -0.25) is 4.79 Å². The van der Waals surface area contributed by atoms with Crippen LogP contribution in [0.4, 0.5) is 5.69 Å². The maximum absolute atomic E-state index is 10.8. The molecule has 1 atom stereocenters. The van der Waals surface area contributed by atoms with E-state index in [0.29, 0.717) is 5.92 Å². The summed E-state index contributed by atoms with van der Waals surface area (Å²) in [5.41, 5.74) is 3.52. The molecule has 2 nitrogen and oxygen atoms in total. The van der Waals surface area contributed by atoms with Crippen molar-refractivity contribution in [1.82, 2.24) is 0 Å². The first-order chi connectivity index (χ1) is 7.45. The second-order valence-electron chi connectivity index (χ2n) is 5.41. The Hall–Kier alpha value is -1.31. The summed E-state index contributed by atoms with van der Waals surface area (Å²) in [6.07, 6.45) is 2.05. The molecule has 1 aliphatic heterocycles. The molecule has 86 valence electrons. The Labute approximate surface area is 97.3 Å². The second-order valence-corrected chi connectivity index (χ2v) is 5.41. The monoisotopic (exact) mass is 217 g/mol. The number of aldehydes is 1. The molecule has 2 rings (SSSR count). The molecule has 0 saturated heterocycles. The molecule has 16 heavy (non-hydrogen) atoms. The molecule has 1 aliphatic rings. The standard InChI is InChI=1S/C14H19NO/c1-10-8-14(2,3)15(4)13-6-5-11(9-16)7-12(10)13/h5-7,9-10H,8H2,1-4H3. The number of carbonyl (C=O) groups is 1. The topological polar surface area (TPSA) is 20.3 Å². The number of anilines is 1. The Morgan fingerprint density at radius 1 is 1.44 bits per heavy atom. The van der Waals surface area contributed by atoms with Gasteiger partial charge in [0.15, 0.2) is 0 Å². The van der Waals surface area contributed by atoms with E-state index < -0.39 is 0 Å². The lowest BCUT2D eigenvalue weighted by Gasteiger charge is -2.45. The van der Waals surface area contributed by atoms with Crippen LogP contribution < -0.4 is 4.90 Å². The van der Waals surface area contributed by atoms with Crippen LogP contribution in [-0.2, 0) is 0 Å². The van der Waals surface area contributed by atoms with Crippen molar-refractivity contribution >= 4 is 12.0 Å². The first kappa shape index (κ1) is 11.2. The molecule has 0 aliphatic carbocycles. The van der Waals surface area contributed by atoms with Gasteiger partial charge in [-0.1, -0.05) is 6.92 Å². The van der Waals surface area contributed by atoms with E-state index in [1.54, 1.807) is 0 Å². The third kappa shape index (κ3) is 1.62. The largest absolute Gasteiger partial charge is 0.369 e. The first-order valence-electron chi connectivity index (χ1n) is 5.78. The van der Waals surface area contributed by atoms with E-state index in [1.807, 2.05) is 12.1 Å². The van der Waals surface area contributed by atoms with Gasteiger partial charge in [-0.2, -0.15) is 0 Å². The lowest BCUT2D eigenvalue weighted by molar-refractivity contribution is 0.112. The molecule has 2 heteroatoms. The smallest absolute Gasteiger partial charge is 0.150 e. The number of nitrogens with zero attached hydrogens (tertiary/aromatic N) is 1. The molecule has 1 unspecified atom stereocenters. The third-order valence-corrected chi connectivity index (χ3v) is 3.79. The summed E-state index contributed by atoms with van der Waals surface area (Å²) in [5.74, 6) is 0.515. The minimum atomic E-state index is 0.190. The van der Waals surface area contributed by atoms with E-state index in [9.17, 15) is 4.79 Å². The van der Waals surface area contributed by atoms with Crippen LogP contribution in [0.2, 0.25) is 0 Å². The number of hydrogen-bond acceptors (Lipinski definition) is 2. The molecular formula is C14H19NO. The molecule has 0 radical (unpaired) electrons. The summed E-state index contributed by atoms with van der Waals surface area (Å²) in [4.78, 5) is 13.1. The van der Waals surface area contributed by atoms with Crippen molar-refractivity contribution in [1.29, 1.82) is 0 Å². The highest BCUT2D eigenvalue weighted by molar-refractivity contribution is 5.77. The Kier molecular flexibility index (Phi) is 2.53. The number of benzene rings is 1. The molecule has 0 bridgehead atoms. The van der Waals surface area contributed by atoms with E-state index in [-0.39, 0.29) is 5.54 Å². The summed E-state index contributed by atoms with van der Waals surface area (Å²) in [6.45, 7) is 6.77. The maximum Gasteiger partial charge on any atom is 0.150 e. The van der Waals surface area contributed by atoms with E-state index in [1.165, 1.54) is 11.3 Å². The average molecular weight is 217 g/mol. The summed E-state index contributed by atoms with van der Waals surface area (Å²) >= 11 is 0. The van der Waals surface area contributed by atoms with Gasteiger partial charge < -0.3 is 4.90 Å².